The van der Waals surface area contributed by atoms with Gasteiger partial charge in [-0.2, -0.15) is 18.3 Å². The Balaban J connectivity index is 1.75. The van der Waals surface area contributed by atoms with Crippen LogP contribution in [0, 0.1) is 6.92 Å². The molecular weight excluding hydrogens is 345 g/mol. The largest absolute Gasteiger partial charge is 0.390 e. The first-order chi connectivity index (χ1) is 12.3. The molecule has 5 nitrogen and oxygen atoms in total. The number of aromatic nitrogens is 2. The minimum atomic E-state index is -4.23. The van der Waals surface area contributed by atoms with Gasteiger partial charge in [0.2, 0.25) is 0 Å². The number of anilines is 1. The van der Waals surface area contributed by atoms with E-state index in [4.69, 9.17) is 0 Å². The van der Waals surface area contributed by atoms with E-state index in [2.05, 4.69) is 10.2 Å². The number of benzene rings is 1. The van der Waals surface area contributed by atoms with E-state index in [0.717, 1.165) is 5.69 Å². The Morgan fingerprint density at radius 1 is 1.15 bits per heavy atom. The second-order valence-corrected chi connectivity index (χ2v) is 6.48. The van der Waals surface area contributed by atoms with Gasteiger partial charge >= 0.3 is 6.18 Å². The van der Waals surface area contributed by atoms with Crippen molar-refractivity contribution in [2.75, 3.05) is 31.1 Å². The Morgan fingerprint density at radius 3 is 2.42 bits per heavy atom. The van der Waals surface area contributed by atoms with Crippen molar-refractivity contribution in [1.29, 1.82) is 0 Å². The van der Waals surface area contributed by atoms with Gasteiger partial charge in [0.05, 0.1) is 18.3 Å². The number of nitrogens with one attached hydrogen (secondary N) is 1. The van der Waals surface area contributed by atoms with E-state index in [1.807, 2.05) is 9.80 Å². The minimum absolute atomic E-state index is 0.246. The van der Waals surface area contributed by atoms with Crippen LogP contribution in [0.4, 0.5) is 18.9 Å². The molecule has 2 heterocycles. The second kappa shape index (κ2) is 7.49. The summed E-state index contributed by atoms with van der Waals surface area (Å²) in [4.78, 5) is 15.6. The average Bonchev–Trinajstić information content (AvgIpc) is 2.62. The van der Waals surface area contributed by atoms with Gasteiger partial charge < -0.3 is 4.90 Å². The fourth-order valence-corrected chi connectivity index (χ4v) is 3.39. The third-order valence-corrected chi connectivity index (χ3v) is 4.78. The van der Waals surface area contributed by atoms with Crippen LogP contribution in [0.15, 0.2) is 41.3 Å². The second-order valence-electron chi connectivity index (χ2n) is 6.48. The highest BCUT2D eigenvalue weighted by Crippen LogP contribution is 2.34. The SMILES string of the molecule is Cc1c(N2CCN(C(CC(F)(F)F)c3ccccc3)CC2)cn[nH]c1=O. The van der Waals surface area contributed by atoms with Gasteiger partial charge in [-0.1, -0.05) is 30.3 Å². The molecule has 0 aliphatic carbocycles. The summed E-state index contributed by atoms with van der Waals surface area (Å²) in [6.45, 7) is 3.79. The van der Waals surface area contributed by atoms with Crippen molar-refractivity contribution in [1.82, 2.24) is 15.1 Å². The normalized spacial score (nSPS) is 17.3. The van der Waals surface area contributed by atoms with Crippen LogP contribution in [0.5, 0.6) is 0 Å². The highest BCUT2D eigenvalue weighted by Gasteiger charge is 2.36. The standard InChI is InChI=1S/C18H21F3N4O/c1-13-16(12-22-23-17(13)26)25-9-7-24(8-10-25)15(11-18(19,20)21)14-5-3-2-4-6-14/h2-6,12,15H,7-11H2,1H3,(H,23,26). The van der Waals surface area contributed by atoms with Gasteiger partial charge in [-0.15, -0.1) is 0 Å². The van der Waals surface area contributed by atoms with E-state index in [1.165, 1.54) is 0 Å². The summed E-state index contributed by atoms with van der Waals surface area (Å²) in [5, 5.41) is 6.21. The van der Waals surface area contributed by atoms with E-state index in [1.54, 1.807) is 43.5 Å². The van der Waals surface area contributed by atoms with Crippen LogP contribution in [0.25, 0.3) is 0 Å². The lowest BCUT2D eigenvalue weighted by atomic mass is 10.0. The quantitative estimate of drug-likeness (QED) is 0.904. The van der Waals surface area contributed by atoms with Gasteiger partial charge in [0.1, 0.15) is 0 Å². The van der Waals surface area contributed by atoms with Crippen molar-refractivity contribution >= 4 is 5.69 Å². The van der Waals surface area contributed by atoms with Crippen molar-refractivity contribution in [3.8, 4) is 0 Å². The van der Waals surface area contributed by atoms with Crippen LogP contribution in [-0.2, 0) is 0 Å². The first kappa shape index (κ1) is 18.4. The third-order valence-electron chi connectivity index (χ3n) is 4.78. The van der Waals surface area contributed by atoms with Crippen molar-refractivity contribution in [2.24, 2.45) is 0 Å². The highest BCUT2D eigenvalue weighted by atomic mass is 19.4. The molecule has 2 aromatic rings. The lowest BCUT2D eigenvalue weighted by molar-refractivity contribution is -0.148. The van der Waals surface area contributed by atoms with Crippen molar-refractivity contribution in [3.63, 3.8) is 0 Å². The van der Waals surface area contributed by atoms with Crippen molar-refractivity contribution in [2.45, 2.75) is 25.6 Å². The fraction of sp³-hybridized carbons (Fsp3) is 0.444. The van der Waals surface area contributed by atoms with Gasteiger partial charge in [-0.25, -0.2) is 5.10 Å². The summed E-state index contributed by atoms with van der Waals surface area (Å²) >= 11 is 0. The number of halogens is 3. The number of rotatable bonds is 4. The van der Waals surface area contributed by atoms with Crippen molar-refractivity contribution in [3.05, 3.63) is 58.0 Å². The number of nitrogens with zero attached hydrogens (tertiary/aromatic N) is 3. The molecule has 1 atom stereocenters. The van der Waals surface area contributed by atoms with Crippen molar-refractivity contribution < 1.29 is 13.2 Å². The molecule has 0 radical (unpaired) electrons. The number of hydrogen-bond acceptors (Lipinski definition) is 4. The van der Waals surface area contributed by atoms with E-state index in [9.17, 15) is 18.0 Å². The Hall–Kier alpha value is -2.35. The number of H-pyrrole nitrogens is 1. The molecule has 1 aliphatic rings. The number of piperazine rings is 1. The van der Waals surface area contributed by atoms with Gasteiger partial charge in [0, 0.05) is 37.8 Å². The molecule has 1 aromatic carbocycles. The Kier molecular flexibility index (Phi) is 5.31. The molecule has 1 aliphatic heterocycles. The maximum absolute atomic E-state index is 13.1. The molecule has 3 rings (SSSR count). The number of alkyl halides is 3. The van der Waals surface area contributed by atoms with Gasteiger partial charge in [-0.05, 0) is 12.5 Å². The predicted octanol–water partition coefficient (Wildman–Crippen LogP) is 2.89. The molecule has 1 aromatic heterocycles. The van der Waals surface area contributed by atoms with E-state index in [-0.39, 0.29) is 5.56 Å². The fourth-order valence-electron chi connectivity index (χ4n) is 3.39. The number of hydrogen-bond donors (Lipinski definition) is 1. The van der Waals surface area contributed by atoms with E-state index < -0.39 is 18.6 Å². The molecule has 0 amide bonds. The molecule has 1 unspecified atom stereocenters. The molecular formula is C18H21F3N4O. The first-order valence-electron chi connectivity index (χ1n) is 8.50. The molecule has 0 bridgehead atoms. The maximum atomic E-state index is 13.1. The lowest BCUT2D eigenvalue weighted by Crippen LogP contribution is -2.49. The Labute approximate surface area is 149 Å². The molecule has 26 heavy (non-hydrogen) atoms. The molecule has 0 spiro atoms. The Bertz CT molecular complexity index is 783. The average molecular weight is 366 g/mol. The zero-order valence-corrected chi connectivity index (χ0v) is 14.5. The topological polar surface area (TPSA) is 52.2 Å². The van der Waals surface area contributed by atoms with Crippen LogP contribution in [-0.4, -0.2) is 47.5 Å². The monoisotopic (exact) mass is 366 g/mol. The smallest absolute Gasteiger partial charge is 0.367 e. The summed E-state index contributed by atoms with van der Waals surface area (Å²) in [5.41, 5.74) is 1.74. The van der Waals surface area contributed by atoms with Crippen LogP contribution in [0.2, 0.25) is 0 Å². The van der Waals surface area contributed by atoms with Gasteiger partial charge in [-0.3, -0.25) is 9.69 Å². The van der Waals surface area contributed by atoms with E-state index in [0.29, 0.717) is 37.3 Å². The zero-order valence-electron chi connectivity index (χ0n) is 14.5. The molecule has 1 N–H and O–H groups in total. The minimum Gasteiger partial charge on any atom is -0.367 e. The number of aromatic amines is 1. The van der Waals surface area contributed by atoms with Crippen LogP contribution < -0.4 is 10.5 Å². The zero-order chi connectivity index (χ0) is 18.7. The lowest BCUT2D eigenvalue weighted by Gasteiger charge is -2.40. The van der Waals surface area contributed by atoms with Crippen LogP contribution in [0.1, 0.15) is 23.6 Å². The maximum Gasteiger partial charge on any atom is 0.390 e. The summed E-state index contributed by atoms with van der Waals surface area (Å²) in [7, 11) is 0. The van der Waals surface area contributed by atoms with Gasteiger partial charge in [0.25, 0.3) is 5.56 Å². The molecule has 1 saturated heterocycles. The summed E-state index contributed by atoms with van der Waals surface area (Å²) in [6.07, 6.45) is -3.51. The summed E-state index contributed by atoms with van der Waals surface area (Å²) in [6, 6.07) is 8.12. The molecule has 8 heteroatoms. The Morgan fingerprint density at radius 2 is 1.81 bits per heavy atom. The highest BCUT2D eigenvalue weighted by molar-refractivity contribution is 5.50. The van der Waals surface area contributed by atoms with E-state index >= 15 is 0 Å². The summed E-state index contributed by atoms with van der Waals surface area (Å²) < 4.78 is 39.3. The van der Waals surface area contributed by atoms with Crippen LogP contribution in [0.3, 0.4) is 0 Å². The summed E-state index contributed by atoms with van der Waals surface area (Å²) in [5.74, 6) is 0. The molecule has 1 fully saturated rings. The van der Waals surface area contributed by atoms with Crippen LogP contribution >= 0.6 is 0 Å². The van der Waals surface area contributed by atoms with Gasteiger partial charge in [0.15, 0.2) is 0 Å². The predicted molar refractivity (Wildman–Crippen MR) is 93.2 cm³/mol. The first-order valence-corrected chi connectivity index (χ1v) is 8.50. The third kappa shape index (κ3) is 4.24. The molecule has 140 valence electrons. The molecule has 0 saturated carbocycles.